The Labute approximate surface area is 131 Å². The lowest BCUT2D eigenvalue weighted by Crippen LogP contribution is -2.27. The summed E-state index contributed by atoms with van der Waals surface area (Å²) in [5.41, 5.74) is 0.487. The second-order valence-corrected chi connectivity index (χ2v) is 5.12. The van der Waals surface area contributed by atoms with Crippen molar-refractivity contribution in [2.24, 2.45) is 0 Å². The number of carbonyl (C=O) groups is 1. The number of halogens is 2. The van der Waals surface area contributed by atoms with E-state index in [1.807, 2.05) is 0 Å². The van der Waals surface area contributed by atoms with Crippen molar-refractivity contribution >= 4 is 11.6 Å². The van der Waals surface area contributed by atoms with Crippen LogP contribution in [0.3, 0.4) is 0 Å². The van der Waals surface area contributed by atoms with E-state index in [4.69, 9.17) is 0 Å². The SMILES string of the molecule is Cc1ccc(C(=O)NC(C)c2ccc(F)cc2F)cc1[N+](=O)[O-]. The van der Waals surface area contributed by atoms with Crippen LogP contribution >= 0.6 is 0 Å². The zero-order valence-corrected chi connectivity index (χ0v) is 12.5. The molecule has 120 valence electrons. The van der Waals surface area contributed by atoms with Crippen molar-refractivity contribution in [2.75, 3.05) is 0 Å². The number of carbonyl (C=O) groups excluding carboxylic acids is 1. The Kier molecular flexibility index (Phi) is 4.68. The van der Waals surface area contributed by atoms with Gasteiger partial charge in [0.05, 0.1) is 11.0 Å². The number of nitro groups is 1. The number of hydrogen-bond donors (Lipinski definition) is 1. The third-order valence-corrected chi connectivity index (χ3v) is 3.44. The molecule has 23 heavy (non-hydrogen) atoms. The molecule has 0 spiro atoms. The maximum atomic E-state index is 13.7. The fourth-order valence-corrected chi connectivity index (χ4v) is 2.16. The van der Waals surface area contributed by atoms with Crippen LogP contribution in [0.4, 0.5) is 14.5 Å². The smallest absolute Gasteiger partial charge is 0.273 e. The van der Waals surface area contributed by atoms with Gasteiger partial charge in [-0.05, 0) is 26.0 Å². The van der Waals surface area contributed by atoms with Gasteiger partial charge in [-0.1, -0.05) is 12.1 Å². The largest absolute Gasteiger partial charge is 0.345 e. The number of rotatable bonds is 4. The molecule has 2 aromatic carbocycles. The van der Waals surface area contributed by atoms with Gasteiger partial charge >= 0.3 is 0 Å². The van der Waals surface area contributed by atoms with Crippen LogP contribution in [-0.4, -0.2) is 10.8 Å². The maximum absolute atomic E-state index is 13.7. The third-order valence-electron chi connectivity index (χ3n) is 3.44. The Hall–Kier alpha value is -2.83. The van der Waals surface area contributed by atoms with Crippen LogP contribution in [0.2, 0.25) is 0 Å². The van der Waals surface area contributed by atoms with Crippen molar-refractivity contribution < 1.29 is 18.5 Å². The van der Waals surface area contributed by atoms with E-state index < -0.39 is 28.5 Å². The van der Waals surface area contributed by atoms with Crippen LogP contribution in [0.15, 0.2) is 36.4 Å². The van der Waals surface area contributed by atoms with Crippen LogP contribution in [0, 0.1) is 28.7 Å². The minimum atomic E-state index is -0.771. The van der Waals surface area contributed by atoms with Gasteiger partial charge < -0.3 is 5.32 Å². The first-order valence-corrected chi connectivity index (χ1v) is 6.80. The van der Waals surface area contributed by atoms with E-state index in [1.165, 1.54) is 31.2 Å². The highest BCUT2D eigenvalue weighted by molar-refractivity contribution is 5.95. The van der Waals surface area contributed by atoms with Crippen molar-refractivity contribution in [3.63, 3.8) is 0 Å². The summed E-state index contributed by atoms with van der Waals surface area (Å²) in [6, 6.07) is 6.43. The lowest BCUT2D eigenvalue weighted by Gasteiger charge is -2.15. The molecule has 0 aliphatic rings. The van der Waals surface area contributed by atoms with Gasteiger partial charge in [-0.25, -0.2) is 8.78 Å². The first kappa shape index (κ1) is 16.5. The van der Waals surface area contributed by atoms with E-state index in [2.05, 4.69) is 5.32 Å². The highest BCUT2D eigenvalue weighted by Crippen LogP contribution is 2.21. The van der Waals surface area contributed by atoms with Crippen molar-refractivity contribution in [1.82, 2.24) is 5.32 Å². The van der Waals surface area contributed by atoms with Crippen molar-refractivity contribution in [2.45, 2.75) is 19.9 Å². The summed E-state index contributed by atoms with van der Waals surface area (Å²) in [6.07, 6.45) is 0. The van der Waals surface area contributed by atoms with Crippen LogP contribution in [0.1, 0.15) is 34.5 Å². The average molecular weight is 320 g/mol. The van der Waals surface area contributed by atoms with Gasteiger partial charge in [0.25, 0.3) is 11.6 Å². The Balaban J connectivity index is 2.21. The quantitative estimate of drug-likeness (QED) is 0.690. The van der Waals surface area contributed by atoms with Gasteiger partial charge in [-0.3, -0.25) is 14.9 Å². The van der Waals surface area contributed by atoms with E-state index in [1.54, 1.807) is 6.92 Å². The lowest BCUT2D eigenvalue weighted by atomic mass is 10.1. The topological polar surface area (TPSA) is 72.2 Å². The molecule has 0 aliphatic carbocycles. The first-order valence-electron chi connectivity index (χ1n) is 6.80. The highest BCUT2D eigenvalue weighted by atomic mass is 19.1. The molecule has 0 bridgehead atoms. The molecule has 5 nitrogen and oxygen atoms in total. The molecular formula is C16H14F2N2O3. The molecule has 7 heteroatoms. The number of amides is 1. The average Bonchev–Trinajstić information content (AvgIpc) is 2.46. The summed E-state index contributed by atoms with van der Waals surface area (Å²) in [5, 5.41) is 13.4. The fraction of sp³-hybridized carbons (Fsp3) is 0.188. The van der Waals surface area contributed by atoms with Crippen molar-refractivity contribution in [3.8, 4) is 0 Å². The zero-order valence-electron chi connectivity index (χ0n) is 12.5. The monoisotopic (exact) mass is 320 g/mol. The van der Waals surface area contributed by atoms with E-state index >= 15 is 0 Å². The molecule has 1 amide bonds. The molecule has 0 fully saturated rings. The van der Waals surface area contributed by atoms with Gasteiger partial charge in [-0.15, -0.1) is 0 Å². The van der Waals surface area contributed by atoms with Gasteiger partial charge in [-0.2, -0.15) is 0 Å². The minimum Gasteiger partial charge on any atom is -0.345 e. The first-order chi connectivity index (χ1) is 10.8. The van der Waals surface area contributed by atoms with Crippen LogP contribution < -0.4 is 5.32 Å². The third kappa shape index (κ3) is 3.68. The van der Waals surface area contributed by atoms with Gasteiger partial charge in [0, 0.05) is 28.8 Å². The van der Waals surface area contributed by atoms with E-state index in [-0.39, 0.29) is 16.8 Å². The summed E-state index contributed by atoms with van der Waals surface area (Å²) < 4.78 is 26.6. The van der Waals surface area contributed by atoms with Crippen molar-refractivity contribution in [1.29, 1.82) is 0 Å². The molecule has 0 heterocycles. The van der Waals surface area contributed by atoms with Gasteiger partial charge in [0.15, 0.2) is 0 Å². The molecule has 0 radical (unpaired) electrons. The van der Waals surface area contributed by atoms with Crippen LogP contribution in [0.5, 0.6) is 0 Å². The zero-order chi connectivity index (χ0) is 17.1. The number of nitrogens with zero attached hydrogens (tertiary/aromatic N) is 1. The molecule has 1 unspecified atom stereocenters. The van der Waals surface area contributed by atoms with E-state index in [0.717, 1.165) is 12.1 Å². The molecule has 2 rings (SSSR count). The summed E-state index contributed by atoms with van der Waals surface area (Å²) in [6.45, 7) is 3.10. The van der Waals surface area contributed by atoms with Gasteiger partial charge in [0.1, 0.15) is 11.6 Å². The van der Waals surface area contributed by atoms with Crippen LogP contribution in [-0.2, 0) is 0 Å². The number of nitro benzene ring substituents is 1. The number of hydrogen-bond acceptors (Lipinski definition) is 3. The molecule has 0 saturated carbocycles. The molecular weight excluding hydrogens is 306 g/mol. The Morgan fingerprint density at radius 3 is 2.52 bits per heavy atom. The fourth-order valence-electron chi connectivity index (χ4n) is 2.16. The van der Waals surface area contributed by atoms with Gasteiger partial charge in [0.2, 0.25) is 0 Å². The number of aryl methyl sites for hydroxylation is 1. The summed E-state index contributed by atoms with van der Waals surface area (Å²) >= 11 is 0. The second-order valence-electron chi connectivity index (χ2n) is 5.12. The van der Waals surface area contributed by atoms with Crippen molar-refractivity contribution in [3.05, 3.63) is 74.8 Å². The lowest BCUT2D eigenvalue weighted by molar-refractivity contribution is -0.385. The Bertz CT molecular complexity index is 778. The standard InChI is InChI=1S/C16H14F2N2O3/c1-9-3-4-11(7-15(9)20(22)23)16(21)19-10(2)13-6-5-12(17)8-14(13)18/h3-8,10H,1-2H3,(H,19,21). The molecule has 1 atom stereocenters. The van der Waals surface area contributed by atoms with Crippen LogP contribution in [0.25, 0.3) is 0 Å². The van der Waals surface area contributed by atoms with E-state index in [0.29, 0.717) is 5.56 Å². The Morgan fingerprint density at radius 2 is 1.91 bits per heavy atom. The number of benzene rings is 2. The second kappa shape index (κ2) is 6.51. The number of nitrogens with one attached hydrogen (secondary N) is 1. The normalized spacial score (nSPS) is 11.8. The molecule has 0 aliphatic heterocycles. The van der Waals surface area contributed by atoms with E-state index in [9.17, 15) is 23.7 Å². The Morgan fingerprint density at radius 1 is 1.22 bits per heavy atom. The summed E-state index contributed by atoms with van der Waals surface area (Å²) in [5.74, 6) is -2.06. The summed E-state index contributed by atoms with van der Waals surface area (Å²) in [7, 11) is 0. The maximum Gasteiger partial charge on any atom is 0.273 e. The molecule has 0 saturated heterocycles. The molecule has 1 N–H and O–H groups in total. The molecule has 0 aromatic heterocycles. The minimum absolute atomic E-state index is 0.0941. The predicted molar refractivity (Wildman–Crippen MR) is 80.1 cm³/mol. The molecule has 2 aromatic rings. The highest BCUT2D eigenvalue weighted by Gasteiger charge is 2.18. The summed E-state index contributed by atoms with van der Waals surface area (Å²) in [4.78, 5) is 22.5. The predicted octanol–water partition coefficient (Wildman–Crippen LogP) is 3.67.